The van der Waals surface area contributed by atoms with Crippen LogP contribution in [-0.4, -0.2) is 56.6 Å². The fraction of sp³-hybridized carbons (Fsp3) is 0.316. The number of sulfone groups is 1. The Hall–Kier alpha value is -3.15. The molecule has 0 spiro atoms. The van der Waals surface area contributed by atoms with Crippen molar-refractivity contribution in [3.63, 3.8) is 0 Å². The molecule has 0 unspecified atom stereocenters. The lowest BCUT2D eigenvalue weighted by molar-refractivity contribution is -0.384. The molecule has 0 atom stereocenters. The summed E-state index contributed by atoms with van der Waals surface area (Å²) in [6.45, 7) is 0.379. The zero-order chi connectivity index (χ0) is 23.0. The quantitative estimate of drug-likeness (QED) is 0.517. The van der Waals surface area contributed by atoms with Crippen LogP contribution in [0.5, 0.6) is 0 Å². The lowest BCUT2D eigenvalue weighted by Crippen LogP contribution is -2.49. The van der Waals surface area contributed by atoms with Gasteiger partial charge in [0, 0.05) is 38.5 Å². The first kappa shape index (κ1) is 22.5. The number of amides is 1. The fourth-order valence-electron chi connectivity index (χ4n) is 3.39. The molecular formula is C19H18F3N3O5S. The largest absolute Gasteiger partial charge is 0.417 e. The highest BCUT2D eigenvalue weighted by Gasteiger charge is 2.36. The van der Waals surface area contributed by atoms with Gasteiger partial charge in [0.1, 0.15) is 5.69 Å². The number of carbonyl (C=O) groups is 1. The first-order valence-electron chi connectivity index (χ1n) is 9.08. The normalized spacial score (nSPS) is 15.1. The van der Waals surface area contributed by atoms with Crippen LogP contribution in [0.4, 0.5) is 24.5 Å². The molecule has 31 heavy (non-hydrogen) atoms. The Morgan fingerprint density at radius 3 is 2.23 bits per heavy atom. The molecule has 8 nitrogen and oxygen atoms in total. The van der Waals surface area contributed by atoms with E-state index in [1.54, 1.807) is 4.90 Å². The van der Waals surface area contributed by atoms with E-state index in [1.165, 1.54) is 29.2 Å². The second-order valence-electron chi connectivity index (χ2n) is 7.00. The number of benzene rings is 2. The summed E-state index contributed by atoms with van der Waals surface area (Å²) in [6.07, 6.45) is -3.73. The number of anilines is 1. The second kappa shape index (κ2) is 8.17. The van der Waals surface area contributed by atoms with E-state index < -0.39 is 43.7 Å². The standard InChI is InChI=1S/C19H18F3N3O5S/c1-31(29,30)13-6-7-16(17(12-13)25(27)28)23-8-10-24(11-9-23)18(26)14-4-2-3-5-15(14)19(20,21)22/h2-7,12H,8-11H2,1H3. The molecule has 0 aliphatic carbocycles. The molecule has 0 N–H and O–H groups in total. The minimum atomic E-state index is -4.67. The zero-order valence-electron chi connectivity index (χ0n) is 16.3. The zero-order valence-corrected chi connectivity index (χ0v) is 17.1. The monoisotopic (exact) mass is 457 g/mol. The van der Waals surface area contributed by atoms with Crippen LogP contribution >= 0.6 is 0 Å². The molecule has 166 valence electrons. The molecule has 12 heteroatoms. The molecular weight excluding hydrogens is 439 g/mol. The molecule has 1 amide bonds. The van der Waals surface area contributed by atoms with Gasteiger partial charge in [-0.3, -0.25) is 14.9 Å². The molecule has 0 bridgehead atoms. The van der Waals surface area contributed by atoms with Gasteiger partial charge in [0.15, 0.2) is 9.84 Å². The van der Waals surface area contributed by atoms with Gasteiger partial charge in [0.25, 0.3) is 11.6 Å². The second-order valence-corrected chi connectivity index (χ2v) is 9.02. The van der Waals surface area contributed by atoms with Gasteiger partial charge in [-0.1, -0.05) is 12.1 Å². The topological polar surface area (TPSA) is 101 Å². The van der Waals surface area contributed by atoms with Crippen molar-refractivity contribution in [3.8, 4) is 0 Å². The minimum Gasteiger partial charge on any atom is -0.362 e. The third kappa shape index (κ3) is 4.79. The average molecular weight is 457 g/mol. The predicted octanol–water partition coefficient (Wildman–Crippen LogP) is 2.98. The Labute approximate surface area is 175 Å². The van der Waals surface area contributed by atoms with Crippen molar-refractivity contribution >= 4 is 27.1 Å². The number of nitro groups is 1. The van der Waals surface area contributed by atoms with Gasteiger partial charge in [-0.25, -0.2) is 8.42 Å². The molecule has 1 heterocycles. The molecule has 0 saturated carbocycles. The van der Waals surface area contributed by atoms with Crippen molar-refractivity contribution in [2.45, 2.75) is 11.1 Å². The molecule has 1 saturated heterocycles. The Kier molecular flexibility index (Phi) is 5.94. The van der Waals surface area contributed by atoms with Crippen molar-refractivity contribution in [1.82, 2.24) is 4.90 Å². The smallest absolute Gasteiger partial charge is 0.362 e. The third-order valence-corrected chi connectivity index (χ3v) is 6.05. The van der Waals surface area contributed by atoms with Gasteiger partial charge in [0.2, 0.25) is 0 Å². The van der Waals surface area contributed by atoms with E-state index in [0.29, 0.717) is 0 Å². The van der Waals surface area contributed by atoms with Gasteiger partial charge in [0.05, 0.1) is 20.9 Å². The highest BCUT2D eigenvalue weighted by atomic mass is 32.2. The summed E-state index contributed by atoms with van der Waals surface area (Å²) in [5.41, 5.74) is -1.69. The number of alkyl halides is 3. The Balaban J connectivity index is 1.81. The summed E-state index contributed by atoms with van der Waals surface area (Å²) in [7, 11) is -3.64. The van der Waals surface area contributed by atoms with Crippen molar-refractivity contribution in [1.29, 1.82) is 0 Å². The Morgan fingerprint density at radius 2 is 1.68 bits per heavy atom. The molecule has 0 radical (unpaired) electrons. The highest BCUT2D eigenvalue weighted by molar-refractivity contribution is 7.90. The SMILES string of the molecule is CS(=O)(=O)c1ccc(N2CCN(C(=O)c3ccccc3C(F)(F)F)CC2)c([N+](=O)[O-])c1. The molecule has 1 fully saturated rings. The van der Waals surface area contributed by atoms with Crippen LogP contribution in [0.1, 0.15) is 15.9 Å². The molecule has 0 aromatic heterocycles. The Bertz CT molecular complexity index is 1130. The van der Waals surface area contributed by atoms with Crippen molar-refractivity contribution in [2.24, 2.45) is 0 Å². The van der Waals surface area contributed by atoms with E-state index in [1.807, 2.05) is 0 Å². The van der Waals surface area contributed by atoms with E-state index in [-0.39, 0.29) is 36.8 Å². The van der Waals surface area contributed by atoms with Crippen LogP contribution in [0.15, 0.2) is 47.4 Å². The highest BCUT2D eigenvalue weighted by Crippen LogP contribution is 2.34. The van der Waals surface area contributed by atoms with Crippen LogP contribution in [0, 0.1) is 10.1 Å². The van der Waals surface area contributed by atoms with Gasteiger partial charge in [-0.05, 0) is 24.3 Å². The van der Waals surface area contributed by atoms with Crippen LogP contribution in [0.25, 0.3) is 0 Å². The number of carbonyl (C=O) groups excluding carboxylic acids is 1. The molecule has 2 aromatic carbocycles. The van der Waals surface area contributed by atoms with E-state index in [0.717, 1.165) is 24.5 Å². The third-order valence-electron chi connectivity index (χ3n) is 4.94. The van der Waals surface area contributed by atoms with Crippen molar-refractivity contribution in [2.75, 3.05) is 37.3 Å². The molecule has 1 aliphatic heterocycles. The lowest BCUT2D eigenvalue weighted by atomic mass is 10.1. The van der Waals surface area contributed by atoms with Gasteiger partial charge >= 0.3 is 6.18 Å². The number of nitrogens with zero attached hydrogens (tertiary/aromatic N) is 3. The number of hydrogen-bond donors (Lipinski definition) is 0. The molecule has 3 rings (SSSR count). The van der Waals surface area contributed by atoms with Crippen LogP contribution in [-0.2, 0) is 16.0 Å². The average Bonchev–Trinajstić information content (AvgIpc) is 2.71. The van der Waals surface area contributed by atoms with Crippen molar-refractivity contribution < 1.29 is 31.3 Å². The number of nitro benzene ring substituents is 1. The summed E-state index contributed by atoms with van der Waals surface area (Å²) >= 11 is 0. The summed E-state index contributed by atoms with van der Waals surface area (Å²) in [4.78, 5) is 26.1. The summed E-state index contributed by atoms with van der Waals surface area (Å²) in [6, 6.07) is 8.08. The number of rotatable bonds is 4. The number of piperazine rings is 1. The van der Waals surface area contributed by atoms with Crippen molar-refractivity contribution in [3.05, 3.63) is 63.7 Å². The Morgan fingerprint density at radius 1 is 1.06 bits per heavy atom. The van der Waals surface area contributed by atoms with Gasteiger partial charge in [-0.15, -0.1) is 0 Å². The fourth-order valence-corrected chi connectivity index (χ4v) is 4.03. The van der Waals surface area contributed by atoms with Crippen LogP contribution in [0.3, 0.4) is 0 Å². The maximum atomic E-state index is 13.2. The predicted molar refractivity (Wildman–Crippen MR) is 106 cm³/mol. The minimum absolute atomic E-state index is 0.0516. The van der Waals surface area contributed by atoms with Crippen LogP contribution in [0.2, 0.25) is 0 Å². The van der Waals surface area contributed by atoms with Gasteiger partial charge < -0.3 is 9.80 Å². The van der Waals surface area contributed by atoms with E-state index in [2.05, 4.69) is 0 Å². The summed E-state index contributed by atoms with van der Waals surface area (Å²) < 4.78 is 63.0. The van der Waals surface area contributed by atoms with E-state index in [4.69, 9.17) is 0 Å². The lowest BCUT2D eigenvalue weighted by Gasteiger charge is -2.36. The first-order valence-corrected chi connectivity index (χ1v) is 11.0. The maximum absolute atomic E-state index is 13.2. The summed E-state index contributed by atoms with van der Waals surface area (Å²) in [5.74, 6) is -0.769. The van der Waals surface area contributed by atoms with Crippen LogP contribution < -0.4 is 4.90 Å². The van der Waals surface area contributed by atoms with E-state index >= 15 is 0 Å². The molecule has 2 aromatic rings. The number of halogens is 3. The molecule has 1 aliphatic rings. The van der Waals surface area contributed by atoms with Gasteiger partial charge in [-0.2, -0.15) is 13.2 Å². The summed E-state index contributed by atoms with van der Waals surface area (Å²) in [5, 5.41) is 11.4. The maximum Gasteiger partial charge on any atom is 0.417 e. The van der Waals surface area contributed by atoms with E-state index in [9.17, 15) is 36.5 Å². The number of hydrogen-bond acceptors (Lipinski definition) is 6. The first-order chi connectivity index (χ1) is 14.4.